The molecule has 21 heavy (non-hydrogen) atoms. The van der Waals surface area contributed by atoms with Gasteiger partial charge < -0.3 is 9.88 Å². The van der Waals surface area contributed by atoms with Crippen molar-refractivity contribution >= 4 is 23.2 Å². The molecule has 0 amide bonds. The number of anilines is 2. The van der Waals surface area contributed by atoms with Crippen molar-refractivity contribution in [3.63, 3.8) is 0 Å². The zero-order valence-electron chi connectivity index (χ0n) is 12.1. The summed E-state index contributed by atoms with van der Waals surface area (Å²) in [6.07, 6.45) is 8.28. The van der Waals surface area contributed by atoms with Crippen LogP contribution in [0.5, 0.6) is 0 Å². The summed E-state index contributed by atoms with van der Waals surface area (Å²) in [4.78, 5) is 4.54. The van der Waals surface area contributed by atoms with Crippen molar-refractivity contribution < 1.29 is 4.39 Å². The van der Waals surface area contributed by atoms with Crippen LogP contribution in [-0.2, 0) is 0 Å². The van der Waals surface area contributed by atoms with Gasteiger partial charge >= 0.3 is 0 Å². The molecule has 3 nitrogen and oxygen atoms in total. The molecule has 5 heteroatoms. The Morgan fingerprint density at radius 2 is 2.05 bits per heavy atom. The quantitative estimate of drug-likeness (QED) is 0.841. The number of hydrogen-bond acceptors (Lipinski definition) is 2. The van der Waals surface area contributed by atoms with E-state index in [0.717, 1.165) is 11.6 Å². The maximum absolute atomic E-state index is 13.1. The third-order valence-electron chi connectivity index (χ3n) is 4.00. The number of aryl methyl sites for hydroxylation is 1. The lowest BCUT2D eigenvalue weighted by molar-refractivity contribution is 0.356. The van der Waals surface area contributed by atoms with Gasteiger partial charge in [0.15, 0.2) is 0 Å². The maximum Gasteiger partial charge on any atom is 0.207 e. The minimum absolute atomic E-state index is 0.336. The summed E-state index contributed by atoms with van der Waals surface area (Å²) in [7, 11) is 0. The molecule has 3 rings (SSSR count). The molecule has 1 fully saturated rings. The fourth-order valence-electron chi connectivity index (χ4n) is 2.96. The van der Waals surface area contributed by atoms with Crippen molar-refractivity contribution in [1.29, 1.82) is 0 Å². The monoisotopic (exact) mass is 307 g/mol. The molecule has 0 spiro atoms. The molecule has 1 aromatic heterocycles. The molecule has 2 aromatic rings. The summed E-state index contributed by atoms with van der Waals surface area (Å²) in [5.74, 6) is 0.449. The van der Waals surface area contributed by atoms with E-state index in [4.69, 9.17) is 11.6 Å². The standard InChI is InChI=1S/C16H19ClFN3/c1-11-10-21(13-5-3-2-4-6-13)16(19-11)20-15-8-7-12(18)9-14(15)17/h7-10,13H,2-6H2,1H3,(H,19,20). The number of imidazole rings is 1. The molecule has 1 aliphatic carbocycles. The normalized spacial score (nSPS) is 16.1. The van der Waals surface area contributed by atoms with Crippen molar-refractivity contribution in [3.05, 3.63) is 40.9 Å². The van der Waals surface area contributed by atoms with E-state index in [-0.39, 0.29) is 5.82 Å². The first-order valence-electron chi connectivity index (χ1n) is 7.41. The van der Waals surface area contributed by atoms with Gasteiger partial charge in [0.25, 0.3) is 0 Å². The van der Waals surface area contributed by atoms with Gasteiger partial charge in [-0.3, -0.25) is 0 Å². The molecular formula is C16H19ClFN3. The Morgan fingerprint density at radius 3 is 2.76 bits per heavy atom. The van der Waals surface area contributed by atoms with Crippen molar-refractivity contribution in [3.8, 4) is 0 Å². The molecule has 1 aliphatic rings. The second kappa shape index (κ2) is 6.06. The Kier molecular flexibility index (Phi) is 4.15. The molecule has 1 heterocycles. The average Bonchev–Trinajstić information content (AvgIpc) is 2.84. The molecule has 1 saturated carbocycles. The van der Waals surface area contributed by atoms with E-state index in [1.54, 1.807) is 6.07 Å². The van der Waals surface area contributed by atoms with Gasteiger partial charge in [-0.1, -0.05) is 30.9 Å². The zero-order valence-corrected chi connectivity index (χ0v) is 12.8. The molecule has 0 saturated heterocycles. The van der Waals surface area contributed by atoms with Gasteiger partial charge in [-0.15, -0.1) is 0 Å². The van der Waals surface area contributed by atoms with Crippen LogP contribution >= 0.6 is 11.6 Å². The molecule has 1 aromatic carbocycles. The first-order valence-corrected chi connectivity index (χ1v) is 7.79. The van der Waals surface area contributed by atoms with Crippen LogP contribution in [0.2, 0.25) is 5.02 Å². The van der Waals surface area contributed by atoms with Crippen LogP contribution in [0.15, 0.2) is 24.4 Å². The van der Waals surface area contributed by atoms with E-state index in [9.17, 15) is 4.39 Å². The average molecular weight is 308 g/mol. The van der Waals surface area contributed by atoms with Gasteiger partial charge in [-0.2, -0.15) is 0 Å². The number of benzene rings is 1. The van der Waals surface area contributed by atoms with Crippen LogP contribution in [0.1, 0.15) is 43.8 Å². The van der Waals surface area contributed by atoms with Gasteiger partial charge in [0.05, 0.1) is 16.4 Å². The predicted octanol–water partition coefficient (Wildman–Crippen LogP) is 5.23. The Morgan fingerprint density at radius 1 is 1.29 bits per heavy atom. The predicted molar refractivity (Wildman–Crippen MR) is 83.8 cm³/mol. The van der Waals surface area contributed by atoms with Crippen LogP contribution in [-0.4, -0.2) is 9.55 Å². The van der Waals surface area contributed by atoms with Crippen LogP contribution in [0.4, 0.5) is 16.0 Å². The van der Waals surface area contributed by atoms with Gasteiger partial charge in [-0.05, 0) is 38.0 Å². The summed E-state index contributed by atoms with van der Waals surface area (Å²) in [6, 6.07) is 4.84. The minimum atomic E-state index is -0.336. The summed E-state index contributed by atoms with van der Waals surface area (Å²) >= 11 is 6.08. The van der Waals surface area contributed by atoms with Gasteiger partial charge in [0.1, 0.15) is 5.82 Å². The summed E-state index contributed by atoms with van der Waals surface area (Å²) < 4.78 is 15.3. The molecule has 0 aliphatic heterocycles. The molecular weight excluding hydrogens is 289 g/mol. The highest BCUT2D eigenvalue weighted by atomic mass is 35.5. The van der Waals surface area contributed by atoms with Gasteiger partial charge in [0.2, 0.25) is 5.95 Å². The second-order valence-corrected chi connectivity index (χ2v) is 6.06. The first kappa shape index (κ1) is 14.4. The SMILES string of the molecule is Cc1cn(C2CCCCC2)c(Nc2ccc(F)cc2Cl)n1. The highest BCUT2D eigenvalue weighted by molar-refractivity contribution is 6.33. The third-order valence-corrected chi connectivity index (χ3v) is 4.31. The molecule has 112 valence electrons. The Balaban J connectivity index is 1.87. The lowest BCUT2D eigenvalue weighted by atomic mass is 9.95. The lowest BCUT2D eigenvalue weighted by Crippen LogP contribution is -2.14. The van der Waals surface area contributed by atoms with Gasteiger partial charge in [0, 0.05) is 12.2 Å². The van der Waals surface area contributed by atoms with Crippen LogP contribution < -0.4 is 5.32 Å². The van der Waals surface area contributed by atoms with E-state index in [1.165, 1.54) is 44.2 Å². The van der Waals surface area contributed by atoms with Gasteiger partial charge in [-0.25, -0.2) is 9.37 Å². The highest BCUT2D eigenvalue weighted by Crippen LogP contribution is 2.33. The lowest BCUT2D eigenvalue weighted by Gasteiger charge is -2.24. The highest BCUT2D eigenvalue weighted by Gasteiger charge is 2.19. The number of hydrogen-bond donors (Lipinski definition) is 1. The Bertz CT molecular complexity index is 632. The van der Waals surface area contributed by atoms with Crippen LogP contribution in [0.3, 0.4) is 0 Å². The molecule has 0 bridgehead atoms. The fraction of sp³-hybridized carbons (Fsp3) is 0.438. The zero-order chi connectivity index (χ0) is 14.8. The second-order valence-electron chi connectivity index (χ2n) is 5.65. The van der Waals surface area contributed by atoms with E-state index in [0.29, 0.717) is 16.8 Å². The number of rotatable bonds is 3. The summed E-state index contributed by atoms with van der Waals surface area (Å²) in [6.45, 7) is 1.98. The first-order chi connectivity index (χ1) is 10.1. The Hall–Kier alpha value is -1.55. The van der Waals surface area contributed by atoms with E-state index in [2.05, 4.69) is 21.1 Å². The smallest absolute Gasteiger partial charge is 0.207 e. The van der Waals surface area contributed by atoms with E-state index in [1.807, 2.05) is 6.92 Å². The van der Waals surface area contributed by atoms with Crippen molar-refractivity contribution in [2.45, 2.75) is 45.1 Å². The molecule has 0 radical (unpaired) electrons. The largest absolute Gasteiger partial charge is 0.324 e. The van der Waals surface area contributed by atoms with Crippen LogP contribution in [0, 0.1) is 12.7 Å². The number of aromatic nitrogens is 2. The molecule has 0 atom stereocenters. The molecule has 0 unspecified atom stereocenters. The number of nitrogens with zero attached hydrogens (tertiary/aromatic N) is 2. The van der Waals surface area contributed by atoms with E-state index >= 15 is 0 Å². The van der Waals surface area contributed by atoms with Crippen molar-refractivity contribution in [1.82, 2.24) is 9.55 Å². The van der Waals surface area contributed by atoms with E-state index < -0.39 is 0 Å². The maximum atomic E-state index is 13.1. The molecule has 1 N–H and O–H groups in total. The summed E-state index contributed by atoms with van der Waals surface area (Å²) in [5.41, 5.74) is 1.65. The number of nitrogens with one attached hydrogen (secondary N) is 1. The minimum Gasteiger partial charge on any atom is -0.324 e. The van der Waals surface area contributed by atoms with Crippen molar-refractivity contribution in [2.24, 2.45) is 0 Å². The fourth-order valence-corrected chi connectivity index (χ4v) is 3.17. The third kappa shape index (κ3) is 3.21. The number of halogens is 2. The van der Waals surface area contributed by atoms with Crippen molar-refractivity contribution in [2.75, 3.05) is 5.32 Å². The Labute approximate surface area is 129 Å². The van der Waals surface area contributed by atoms with Crippen LogP contribution in [0.25, 0.3) is 0 Å². The summed E-state index contributed by atoms with van der Waals surface area (Å²) in [5, 5.41) is 3.61. The topological polar surface area (TPSA) is 29.9 Å².